The lowest BCUT2D eigenvalue weighted by Gasteiger charge is -2.31. The maximum Gasteiger partial charge on any atom is 0.428 e. The third-order valence-electron chi connectivity index (χ3n) is 2.55. The van der Waals surface area contributed by atoms with Crippen molar-refractivity contribution >= 4 is 5.91 Å². The molecule has 2 nitrogen and oxygen atoms in total. The second-order valence-corrected chi connectivity index (χ2v) is 4.42. The van der Waals surface area contributed by atoms with Crippen LogP contribution >= 0.6 is 0 Å². The Kier molecular flexibility index (Phi) is 5.57. The molecule has 1 amide bonds. The van der Waals surface area contributed by atoms with Gasteiger partial charge in [-0.25, -0.2) is 17.6 Å². The normalized spacial score (nSPS) is 18.3. The number of rotatable bonds is 5. The molecule has 1 N–H and O–H groups in total. The lowest BCUT2D eigenvalue weighted by molar-refractivity contribution is -0.287. The van der Waals surface area contributed by atoms with E-state index in [-0.39, 0.29) is 5.32 Å². The summed E-state index contributed by atoms with van der Waals surface area (Å²) in [6.07, 6.45) is -17.3. The molecule has 0 aromatic carbocycles. The first-order valence-corrected chi connectivity index (χ1v) is 5.29. The molecule has 23 heavy (non-hydrogen) atoms. The Balaban J connectivity index is 5.17. The lowest BCUT2D eigenvalue weighted by Crippen LogP contribution is -2.61. The monoisotopic (exact) mass is 373 g/mol. The predicted octanol–water partition coefficient (Wildman–Crippen LogP) is 3.56. The van der Waals surface area contributed by atoms with Crippen molar-refractivity contribution in [3.63, 3.8) is 0 Å². The number of hydrogen-bond acceptors (Lipinski definition) is 1. The highest BCUT2D eigenvalue weighted by Crippen LogP contribution is 2.45. The second kappa shape index (κ2) is 5.92. The first-order valence-electron chi connectivity index (χ1n) is 5.29. The quantitative estimate of drug-likeness (QED) is 0.734. The van der Waals surface area contributed by atoms with Crippen LogP contribution < -0.4 is 5.32 Å². The molecular weight excluding hydrogens is 366 g/mol. The summed E-state index contributed by atoms with van der Waals surface area (Å²) in [5.41, 5.74) is -5.50. The van der Waals surface area contributed by atoms with Gasteiger partial charge in [0.05, 0.1) is 6.54 Å². The number of carbonyl (C=O) groups is 1. The summed E-state index contributed by atoms with van der Waals surface area (Å²) in [5.74, 6) is -14.7. The largest absolute Gasteiger partial charge is 0.428 e. The lowest BCUT2D eigenvalue weighted by atomic mass is 9.98. The highest BCUT2D eigenvalue weighted by atomic mass is 19.4. The van der Waals surface area contributed by atoms with E-state index in [1.807, 2.05) is 0 Å². The molecule has 0 aliphatic heterocycles. The Hall–Kier alpha value is -1.37. The molecule has 138 valence electrons. The number of carbonyl (C=O) groups excluding carboxylic acids is 1. The van der Waals surface area contributed by atoms with Crippen molar-refractivity contribution in [1.29, 1.82) is 0 Å². The van der Waals surface area contributed by atoms with Crippen molar-refractivity contribution in [2.45, 2.75) is 43.0 Å². The van der Waals surface area contributed by atoms with Crippen LogP contribution in [0.25, 0.3) is 0 Å². The maximum absolute atomic E-state index is 13.0. The van der Waals surface area contributed by atoms with Gasteiger partial charge in [0.15, 0.2) is 0 Å². The zero-order chi connectivity index (χ0) is 19.1. The molecule has 0 bridgehead atoms. The number of hydrogen-bond donors (Lipinski definition) is 1. The van der Waals surface area contributed by atoms with E-state index >= 15 is 0 Å². The molecule has 0 saturated carbocycles. The SMILES string of the molecule is CC(F)(C(F)(F)F)C(F)(F)C(=O)NCC(F)(F)C(F)C(F)(F)F. The molecule has 0 heterocycles. The van der Waals surface area contributed by atoms with Gasteiger partial charge in [0.2, 0.25) is 0 Å². The van der Waals surface area contributed by atoms with Crippen LogP contribution in [0, 0.1) is 0 Å². The van der Waals surface area contributed by atoms with Crippen LogP contribution in [-0.2, 0) is 4.79 Å². The fraction of sp³-hybridized carbons (Fsp3) is 0.889. The van der Waals surface area contributed by atoms with E-state index in [2.05, 4.69) is 0 Å². The summed E-state index contributed by atoms with van der Waals surface area (Å²) in [6.45, 7) is -3.51. The van der Waals surface area contributed by atoms with Crippen LogP contribution in [0.4, 0.5) is 52.7 Å². The zero-order valence-electron chi connectivity index (χ0n) is 10.7. The third-order valence-corrected chi connectivity index (χ3v) is 2.55. The van der Waals surface area contributed by atoms with E-state index in [0.29, 0.717) is 0 Å². The summed E-state index contributed by atoms with van der Waals surface area (Å²) in [6, 6.07) is 0. The molecule has 0 saturated heterocycles. The average molecular weight is 373 g/mol. The Morgan fingerprint density at radius 1 is 0.913 bits per heavy atom. The van der Waals surface area contributed by atoms with Crippen molar-refractivity contribution in [2.24, 2.45) is 0 Å². The Bertz CT molecular complexity index is 437. The molecule has 0 fully saturated rings. The number of amides is 1. The molecule has 2 atom stereocenters. The first kappa shape index (κ1) is 21.6. The third kappa shape index (κ3) is 4.34. The first-order chi connectivity index (χ1) is 9.78. The van der Waals surface area contributed by atoms with Crippen molar-refractivity contribution in [1.82, 2.24) is 5.32 Å². The van der Waals surface area contributed by atoms with Gasteiger partial charge in [0.25, 0.3) is 17.7 Å². The molecular formula is C9H7F12NO. The fourth-order valence-electron chi connectivity index (χ4n) is 1.03. The van der Waals surface area contributed by atoms with Crippen molar-refractivity contribution in [3.05, 3.63) is 0 Å². The molecule has 14 heteroatoms. The minimum atomic E-state index is -6.30. The molecule has 2 unspecified atom stereocenters. The topological polar surface area (TPSA) is 29.1 Å². The molecule has 0 radical (unpaired) electrons. The minimum absolute atomic E-state index is 0.275. The van der Waals surface area contributed by atoms with Gasteiger partial charge in [-0.2, -0.15) is 35.1 Å². The van der Waals surface area contributed by atoms with Crippen LogP contribution in [0.2, 0.25) is 0 Å². The van der Waals surface area contributed by atoms with E-state index in [4.69, 9.17) is 0 Å². The number of nitrogens with one attached hydrogen (secondary N) is 1. The smallest absolute Gasteiger partial charge is 0.345 e. The zero-order valence-corrected chi connectivity index (χ0v) is 10.7. The summed E-state index contributed by atoms with van der Waals surface area (Å²) < 4.78 is 148. The van der Waals surface area contributed by atoms with Gasteiger partial charge in [0, 0.05) is 0 Å². The van der Waals surface area contributed by atoms with Crippen LogP contribution in [0.3, 0.4) is 0 Å². The standard InChI is InChI=1S/C9H7F12NO/c1-5(11,9(19,20)21)7(14,15)4(23)22-2-6(12,13)3(10)8(16,17)18/h3H,2H2,1H3,(H,22,23). The van der Waals surface area contributed by atoms with E-state index < -0.39 is 55.4 Å². The molecule has 0 aromatic rings. The van der Waals surface area contributed by atoms with Gasteiger partial charge in [-0.1, -0.05) is 0 Å². The molecule has 0 rings (SSSR count). The van der Waals surface area contributed by atoms with Crippen LogP contribution in [0.15, 0.2) is 0 Å². The number of alkyl halides is 12. The summed E-state index contributed by atoms with van der Waals surface area (Å²) in [5, 5.41) is 0.275. The van der Waals surface area contributed by atoms with Gasteiger partial charge >= 0.3 is 24.2 Å². The molecule has 0 aliphatic rings. The average Bonchev–Trinajstić information content (AvgIpc) is 2.32. The summed E-state index contributed by atoms with van der Waals surface area (Å²) >= 11 is 0. The molecule has 0 aromatic heterocycles. The van der Waals surface area contributed by atoms with Crippen LogP contribution in [0.5, 0.6) is 0 Å². The Labute approximate surface area is 119 Å². The molecule has 0 aliphatic carbocycles. The maximum atomic E-state index is 13.0. The van der Waals surface area contributed by atoms with E-state index in [1.54, 1.807) is 0 Å². The van der Waals surface area contributed by atoms with Crippen molar-refractivity contribution < 1.29 is 57.5 Å². The van der Waals surface area contributed by atoms with Crippen LogP contribution in [0.1, 0.15) is 6.92 Å². The minimum Gasteiger partial charge on any atom is -0.345 e. The van der Waals surface area contributed by atoms with Gasteiger partial charge in [-0.3, -0.25) is 4.79 Å². The van der Waals surface area contributed by atoms with E-state index in [9.17, 15) is 57.5 Å². The molecule has 0 spiro atoms. The summed E-state index contributed by atoms with van der Waals surface area (Å²) in [4.78, 5) is 10.7. The van der Waals surface area contributed by atoms with Crippen molar-refractivity contribution in [2.75, 3.05) is 6.54 Å². The van der Waals surface area contributed by atoms with Gasteiger partial charge < -0.3 is 5.32 Å². The van der Waals surface area contributed by atoms with Gasteiger partial charge in [-0.15, -0.1) is 0 Å². The highest BCUT2D eigenvalue weighted by molar-refractivity contribution is 5.85. The van der Waals surface area contributed by atoms with Gasteiger partial charge in [0.1, 0.15) is 0 Å². The van der Waals surface area contributed by atoms with E-state index in [1.165, 1.54) is 0 Å². The Morgan fingerprint density at radius 2 is 1.30 bits per heavy atom. The predicted molar refractivity (Wildman–Crippen MR) is 49.4 cm³/mol. The summed E-state index contributed by atoms with van der Waals surface area (Å²) in [7, 11) is 0. The fourth-order valence-corrected chi connectivity index (χ4v) is 1.03. The highest BCUT2D eigenvalue weighted by Gasteiger charge is 2.71. The van der Waals surface area contributed by atoms with Gasteiger partial charge in [-0.05, 0) is 6.92 Å². The van der Waals surface area contributed by atoms with Crippen LogP contribution in [-0.4, -0.2) is 48.5 Å². The van der Waals surface area contributed by atoms with Crippen molar-refractivity contribution in [3.8, 4) is 0 Å². The Morgan fingerprint density at radius 3 is 1.61 bits per heavy atom. The number of halogens is 12. The second-order valence-electron chi connectivity index (χ2n) is 4.42. The van der Waals surface area contributed by atoms with E-state index in [0.717, 1.165) is 0 Å².